The highest BCUT2D eigenvalue weighted by atomic mass is 19.4. The third-order valence-corrected chi connectivity index (χ3v) is 7.80. The van der Waals surface area contributed by atoms with Crippen molar-refractivity contribution in [3.63, 3.8) is 0 Å². The van der Waals surface area contributed by atoms with Gasteiger partial charge in [0, 0.05) is 67.2 Å². The first-order valence-corrected chi connectivity index (χ1v) is 14.8. The summed E-state index contributed by atoms with van der Waals surface area (Å²) >= 11 is 0. The minimum absolute atomic E-state index is 0.00202. The molecule has 2 aromatic rings. The van der Waals surface area contributed by atoms with Gasteiger partial charge in [0.2, 0.25) is 11.9 Å². The van der Waals surface area contributed by atoms with Crippen LogP contribution in [0.5, 0.6) is 0 Å². The molecule has 1 aromatic heterocycles. The Morgan fingerprint density at radius 3 is 2.28 bits per heavy atom. The van der Waals surface area contributed by atoms with Crippen molar-refractivity contribution in [1.82, 2.24) is 25.1 Å². The maximum Gasteiger partial charge on any atom is 0.421 e. The van der Waals surface area contributed by atoms with Crippen LogP contribution in [-0.4, -0.2) is 76.4 Å². The number of anilines is 3. The molecule has 12 heteroatoms. The maximum atomic E-state index is 14.0. The van der Waals surface area contributed by atoms with Crippen LogP contribution in [0.2, 0.25) is 0 Å². The second kappa shape index (κ2) is 13.3. The smallest absolute Gasteiger partial charge is 0.366 e. The Hall–Kier alpha value is -3.67. The molecule has 9 nitrogen and oxygen atoms in total. The molecule has 2 fully saturated rings. The number of benzene rings is 1. The fraction of sp³-hybridized carbons (Fsp3) is 0.548. The van der Waals surface area contributed by atoms with E-state index in [1.165, 1.54) is 0 Å². The van der Waals surface area contributed by atoms with Crippen molar-refractivity contribution in [2.45, 2.75) is 71.1 Å². The Bertz CT molecular complexity index is 1310. The normalized spacial score (nSPS) is 20.5. The van der Waals surface area contributed by atoms with Gasteiger partial charge in [-0.2, -0.15) is 18.2 Å². The third kappa shape index (κ3) is 8.92. The molecule has 0 radical (unpaired) electrons. The number of alkyl halides is 3. The van der Waals surface area contributed by atoms with Gasteiger partial charge in [-0.15, -0.1) is 0 Å². The lowest BCUT2D eigenvalue weighted by atomic mass is 9.80. The molecule has 0 bridgehead atoms. The van der Waals surface area contributed by atoms with Crippen LogP contribution in [0, 0.1) is 5.92 Å². The molecule has 1 aromatic carbocycles. The van der Waals surface area contributed by atoms with E-state index < -0.39 is 17.3 Å². The van der Waals surface area contributed by atoms with E-state index in [9.17, 15) is 22.8 Å². The molecule has 1 saturated carbocycles. The van der Waals surface area contributed by atoms with Gasteiger partial charge in [-0.05, 0) is 71.8 Å². The largest absolute Gasteiger partial charge is 0.421 e. The van der Waals surface area contributed by atoms with Gasteiger partial charge in [0.05, 0.1) is 0 Å². The number of piperazine rings is 1. The standard InChI is InChI=1S/C31H42F3N7O2/c1-20(18-26(42)39-30(2,3)4)23-8-6-7-9-25(23)37-27-24(31(32,33)34)19-35-29(38-27)36-22-12-10-21(11-13-22)28(43)41-16-14-40(5)15-17-41/h10-13,18-19,23,25H,6-9,14-17H2,1-5H3,(H,39,42)(H2,35,36,37,38)/t23?,25-/m1/s1. The number of carbonyl (C=O) groups excluding carboxylic acids is 2. The lowest BCUT2D eigenvalue weighted by molar-refractivity contribution is -0.137. The molecule has 2 atom stereocenters. The van der Waals surface area contributed by atoms with Crippen LogP contribution in [0.15, 0.2) is 42.1 Å². The van der Waals surface area contributed by atoms with E-state index in [1.807, 2.05) is 39.6 Å². The summed E-state index contributed by atoms with van der Waals surface area (Å²) in [5, 5.41) is 8.93. The van der Waals surface area contributed by atoms with Crippen LogP contribution in [0.1, 0.15) is 69.3 Å². The molecule has 3 N–H and O–H groups in total. The third-order valence-electron chi connectivity index (χ3n) is 7.80. The fourth-order valence-corrected chi connectivity index (χ4v) is 5.52. The molecular weight excluding hydrogens is 559 g/mol. The van der Waals surface area contributed by atoms with Crippen LogP contribution in [0.25, 0.3) is 0 Å². The van der Waals surface area contributed by atoms with Gasteiger partial charge < -0.3 is 25.8 Å². The average Bonchev–Trinajstić information content (AvgIpc) is 2.92. The summed E-state index contributed by atoms with van der Waals surface area (Å²) < 4.78 is 42.0. The average molecular weight is 602 g/mol. The summed E-state index contributed by atoms with van der Waals surface area (Å²) in [6.07, 6.45) is 0.833. The van der Waals surface area contributed by atoms with Gasteiger partial charge in [-0.3, -0.25) is 9.59 Å². The van der Waals surface area contributed by atoms with Crippen molar-refractivity contribution < 1.29 is 22.8 Å². The first kappa shape index (κ1) is 32.2. The highest BCUT2D eigenvalue weighted by Gasteiger charge is 2.37. The molecule has 1 saturated heterocycles. The molecule has 43 heavy (non-hydrogen) atoms. The Balaban J connectivity index is 1.51. The van der Waals surface area contributed by atoms with Crippen molar-refractivity contribution in [2.24, 2.45) is 5.92 Å². The fourth-order valence-electron chi connectivity index (χ4n) is 5.52. The second-order valence-electron chi connectivity index (χ2n) is 12.5. The van der Waals surface area contributed by atoms with Crippen molar-refractivity contribution in [2.75, 3.05) is 43.9 Å². The molecule has 1 unspecified atom stereocenters. The highest BCUT2D eigenvalue weighted by Crippen LogP contribution is 2.37. The Labute approximate surface area is 251 Å². The van der Waals surface area contributed by atoms with Crippen LogP contribution < -0.4 is 16.0 Å². The van der Waals surface area contributed by atoms with Gasteiger partial charge in [0.25, 0.3) is 5.91 Å². The van der Waals surface area contributed by atoms with E-state index in [0.717, 1.165) is 44.1 Å². The quantitative estimate of drug-likeness (QED) is 0.363. The molecular formula is C31H42F3N7O2. The predicted molar refractivity (Wildman–Crippen MR) is 161 cm³/mol. The van der Waals surface area contributed by atoms with Crippen LogP contribution in [0.3, 0.4) is 0 Å². The lowest BCUT2D eigenvalue weighted by Crippen LogP contribution is -2.47. The number of likely N-dealkylation sites (N-methyl/N-ethyl adjacent to an activating group) is 1. The predicted octanol–water partition coefficient (Wildman–Crippen LogP) is 5.46. The number of amides is 2. The molecule has 2 amide bonds. The number of halogens is 3. The summed E-state index contributed by atoms with van der Waals surface area (Å²) in [7, 11) is 2.02. The monoisotopic (exact) mass is 601 g/mol. The first-order valence-electron chi connectivity index (χ1n) is 14.8. The van der Waals surface area contributed by atoms with Crippen molar-refractivity contribution in [1.29, 1.82) is 0 Å². The number of hydrogen-bond acceptors (Lipinski definition) is 7. The number of aromatic nitrogens is 2. The van der Waals surface area contributed by atoms with Gasteiger partial charge in [-0.25, -0.2) is 4.98 Å². The maximum absolute atomic E-state index is 14.0. The number of nitrogens with zero attached hydrogens (tertiary/aromatic N) is 4. The summed E-state index contributed by atoms with van der Waals surface area (Å²) in [5.41, 5.74) is 0.534. The Morgan fingerprint density at radius 1 is 1.00 bits per heavy atom. The zero-order valence-corrected chi connectivity index (χ0v) is 25.5. The minimum Gasteiger partial charge on any atom is -0.366 e. The number of rotatable bonds is 7. The van der Waals surface area contributed by atoms with Crippen LogP contribution >= 0.6 is 0 Å². The molecule has 2 heterocycles. The summed E-state index contributed by atoms with van der Waals surface area (Å²) in [4.78, 5) is 37.5. The van der Waals surface area contributed by atoms with E-state index in [-0.39, 0.29) is 35.5 Å². The van der Waals surface area contributed by atoms with Crippen LogP contribution in [0.4, 0.5) is 30.6 Å². The highest BCUT2D eigenvalue weighted by molar-refractivity contribution is 5.94. The lowest BCUT2D eigenvalue weighted by Gasteiger charge is -2.34. The van der Waals surface area contributed by atoms with Gasteiger partial charge in [0.1, 0.15) is 11.4 Å². The topological polar surface area (TPSA) is 102 Å². The zero-order valence-electron chi connectivity index (χ0n) is 25.5. The zero-order chi connectivity index (χ0) is 31.4. The molecule has 0 spiro atoms. The number of nitrogens with one attached hydrogen (secondary N) is 3. The summed E-state index contributed by atoms with van der Waals surface area (Å²) in [5.74, 6) is -0.722. The second-order valence-corrected chi connectivity index (χ2v) is 12.5. The molecule has 1 aliphatic heterocycles. The molecule has 4 rings (SSSR count). The van der Waals surface area contributed by atoms with Crippen LogP contribution in [-0.2, 0) is 11.0 Å². The SMILES string of the molecule is CC(=CC(=O)NC(C)(C)C)C1CCCC[C@H]1Nc1nc(Nc2ccc(C(=O)N3CCN(C)CC3)cc2)ncc1C(F)(F)F. The van der Waals surface area contributed by atoms with E-state index in [2.05, 4.69) is 30.8 Å². The Morgan fingerprint density at radius 2 is 1.65 bits per heavy atom. The Kier molecular flexibility index (Phi) is 9.99. The minimum atomic E-state index is -4.66. The van der Waals surface area contributed by atoms with E-state index in [4.69, 9.17) is 0 Å². The van der Waals surface area contributed by atoms with Crippen molar-refractivity contribution in [3.8, 4) is 0 Å². The summed E-state index contributed by atoms with van der Waals surface area (Å²) in [6.45, 7) is 10.5. The number of carbonyl (C=O) groups is 2. The molecule has 2 aliphatic rings. The van der Waals surface area contributed by atoms with E-state index >= 15 is 0 Å². The molecule has 234 valence electrons. The van der Waals surface area contributed by atoms with Gasteiger partial charge in [0.15, 0.2) is 0 Å². The van der Waals surface area contributed by atoms with Crippen molar-refractivity contribution in [3.05, 3.63) is 53.2 Å². The molecule has 1 aliphatic carbocycles. The summed E-state index contributed by atoms with van der Waals surface area (Å²) in [6, 6.07) is 6.40. The van der Waals surface area contributed by atoms with E-state index in [0.29, 0.717) is 30.8 Å². The van der Waals surface area contributed by atoms with Gasteiger partial charge >= 0.3 is 6.18 Å². The number of hydrogen-bond donors (Lipinski definition) is 3. The van der Waals surface area contributed by atoms with E-state index in [1.54, 1.807) is 30.3 Å². The van der Waals surface area contributed by atoms with Gasteiger partial charge in [-0.1, -0.05) is 18.4 Å². The first-order chi connectivity index (χ1) is 20.2. The van der Waals surface area contributed by atoms with Crippen molar-refractivity contribution >= 4 is 29.3 Å².